The SMILES string of the molecule is CCOC(=O)Oc1ccc2c(c1)CC[C@@H]1[C@@H]2CC[C@]2(C)C(=O)CC[C@@H]12. The van der Waals surface area contributed by atoms with Crippen molar-refractivity contribution in [3.05, 3.63) is 29.3 Å². The number of hydrogen-bond acceptors (Lipinski definition) is 4. The Kier molecular flexibility index (Phi) is 4.09. The zero-order valence-corrected chi connectivity index (χ0v) is 15.0. The van der Waals surface area contributed by atoms with Crippen molar-refractivity contribution in [1.82, 2.24) is 0 Å². The van der Waals surface area contributed by atoms with E-state index in [-0.39, 0.29) is 5.41 Å². The number of Topliss-reactive ketones (excluding diaryl/α,β-unsaturated/α-hetero) is 1. The minimum atomic E-state index is -0.644. The zero-order valence-electron chi connectivity index (χ0n) is 15.0. The van der Waals surface area contributed by atoms with Gasteiger partial charge in [0.25, 0.3) is 0 Å². The Hall–Kier alpha value is -1.84. The summed E-state index contributed by atoms with van der Waals surface area (Å²) < 4.78 is 10.1. The van der Waals surface area contributed by atoms with Crippen molar-refractivity contribution in [3.8, 4) is 5.75 Å². The first kappa shape index (κ1) is 16.6. The van der Waals surface area contributed by atoms with E-state index in [0.717, 1.165) is 38.5 Å². The van der Waals surface area contributed by atoms with E-state index < -0.39 is 6.16 Å². The highest BCUT2D eigenvalue weighted by Gasteiger charge is 2.54. The lowest BCUT2D eigenvalue weighted by molar-refractivity contribution is -0.129. The number of ether oxygens (including phenoxy) is 2. The standard InChI is InChI=1S/C21H26O4/c1-3-24-20(23)25-14-5-7-15-13(12-14)4-6-17-16(15)10-11-21(2)18(17)8-9-19(21)22/h5,7,12,16-18H,3-4,6,8-11H2,1-2H3/t16-,17-,18+,21+/m1/s1. The average molecular weight is 342 g/mol. The number of ketones is 1. The number of carbonyl (C=O) groups excluding carboxylic acids is 2. The molecule has 1 aromatic carbocycles. The smallest absolute Gasteiger partial charge is 0.434 e. The molecule has 4 rings (SSSR count). The third kappa shape index (κ3) is 2.66. The van der Waals surface area contributed by atoms with Crippen LogP contribution < -0.4 is 4.74 Å². The summed E-state index contributed by atoms with van der Waals surface area (Å²) in [5.41, 5.74) is 2.61. The minimum Gasteiger partial charge on any atom is -0.434 e. The van der Waals surface area contributed by atoms with Crippen molar-refractivity contribution in [1.29, 1.82) is 0 Å². The van der Waals surface area contributed by atoms with Crippen LogP contribution in [0.4, 0.5) is 4.79 Å². The molecule has 0 unspecified atom stereocenters. The predicted octanol–water partition coefficient (Wildman–Crippen LogP) is 4.65. The van der Waals surface area contributed by atoms with Gasteiger partial charge < -0.3 is 9.47 Å². The number of hydrogen-bond donors (Lipinski definition) is 0. The van der Waals surface area contributed by atoms with Crippen LogP contribution in [0.2, 0.25) is 0 Å². The van der Waals surface area contributed by atoms with E-state index in [9.17, 15) is 9.59 Å². The molecule has 0 bridgehead atoms. The van der Waals surface area contributed by atoms with Crippen LogP contribution in [-0.4, -0.2) is 18.5 Å². The molecule has 0 heterocycles. The summed E-state index contributed by atoms with van der Waals surface area (Å²) in [6.45, 7) is 4.28. The van der Waals surface area contributed by atoms with Gasteiger partial charge in [-0.3, -0.25) is 4.79 Å². The van der Waals surface area contributed by atoms with Crippen LogP contribution in [0.15, 0.2) is 18.2 Å². The van der Waals surface area contributed by atoms with Gasteiger partial charge in [0.1, 0.15) is 11.5 Å². The summed E-state index contributed by atoms with van der Waals surface area (Å²) in [5, 5.41) is 0. The molecule has 0 amide bonds. The highest BCUT2D eigenvalue weighted by molar-refractivity contribution is 5.87. The van der Waals surface area contributed by atoms with Gasteiger partial charge in [-0.05, 0) is 80.0 Å². The first-order chi connectivity index (χ1) is 12.0. The molecule has 0 aromatic heterocycles. The Bertz CT molecular complexity index is 710. The Labute approximate surface area is 148 Å². The number of benzene rings is 1. The number of fused-ring (bicyclic) bond motifs is 5. The van der Waals surface area contributed by atoms with Gasteiger partial charge in [-0.1, -0.05) is 13.0 Å². The van der Waals surface area contributed by atoms with Crippen LogP contribution in [0.25, 0.3) is 0 Å². The lowest BCUT2D eigenvalue weighted by Crippen LogP contribution is -2.42. The van der Waals surface area contributed by atoms with E-state index in [0.29, 0.717) is 35.9 Å². The third-order valence-electron chi connectivity index (χ3n) is 6.87. The molecule has 4 nitrogen and oxygen atoms in total. The largest absolute Gasteiger partial charge is 0.513 e. The summed E-state index contributed by atoms with van der Waals surface area (Å²) in [6.07, 6.45) is 5.42. The van der Waals surface area contributed by atoms with Crippen LogP contribution in [0.1, 0.15) is 63.0 Å². The maximum Gasteiger partial charge on any atom is 0.513 e. The Morgan fingerprint density at radius 2 is 2.08 bits per heavy atom. The molecule has 1 aromatic rings. The Morgan fingerprint density at radius 3 is 2.88 bits per heavy atom. The molecule has 4 heteroatoms. The number of aryl methyl sites for hydroxylation is 1. The summed E-state index contributed by atoms with van der Waals surface area (Å²) in [5.74, 6) is 2.76. The molecular weight excluding hydrogens is 316 g/mol. The monoisotopic (exact) mass is 342 g/mol. The summed E-state index contributed by atoms with van der Waals surface area (Å²) in [6, 6.07) is 6.00. The average Bonchev–Trinajstić information content (AvgIpc) is 2.90. The predicted molar refractivity (Wildman–Crippen MR) is 93.7 cm³/mol. The zero-order chi connectivity index (χ0) is 17.6. The first-order valence-corrected chi connectivity index (χ1v) is 9.53. The van der Waals surface area contributed by atoms with Crippen molar-refractivity contribution in [3.63, 3.8) is 0 Å². The summed E-state index contributed by atoms with van der Waals surface area (Å²) >= 11 is 0. The van der Waals surface area contributed by atoms with Gasteiger partial charge in [0.05, 0.1) is 6.61 Å². The maximum atomic E-state index is 12.4. The van der Waals surface area contributed by atoms with E-state index in [4.69, 9.17) is 9.47 Å². The lowest BCUT2D eigenvalue weighted by atomic mass is 9.55. The molecular formula is C21H26O4. The van der Waals surface area contributed by atoms with E-state index in [1.165, 1.54) is 11.1 Å². The highest BCUT2D eigenvalue weighted by Crippen LogP contribution is 2.59. The van der Waals surface area contributed by atoms with Crippen molar-refractivity contribution < 1.29 is 19.1 Å². The maximum absolute atomic E-state index is 12.4. The molecule has 0 N–H and O–H groups in total. The molecule has 0 radical (unpaired) electrons. The first-order valence-electron chi connectivity index (χ1n) is 9.53. The molecule has 0 spiro atoms. The lowest BCUT2D eigenvalue weighted by Gasteiger charge is -2.48. The number of rotatable bonds is 2. The van der Waals surface area contributed by atoms with Gasteiger partial charge in [-0.2, -0.15) is 0 Å². The molecule has 4 atom stereocenters. The van der Waals surface area contributed by atoms with Crippen LogP contribution >= 0.6 is 0 Å². The highest BCUT2D eigenvalue weighted by atomic mass is 16.7. The Morgan fingerprint density at radius 1 is 1.24 bits per heavy atom. The quantitative estimate of drug-likeness (QED) is 0.580. The van der Waals surface area contributed by atoms with Crippen molar-refractivity contribution in [2.24, 2.45) is 17.3 Å². The minimum absolute atomic E-state index is 0.0777. The van der Waals surface area contributed by atoms with E-state index in [1.807, 2.05) is 12.1 Å². The molecule has 0 aliphatic heterocycles. The molecule has 3 aliphatic rings. The van der Waals surface area contributed by atoms with Gasteiger partial charge in [0.15, 0.2) is 0 Å². The molecule has 2 saturated carbocycles. The fraction of sp³-hybridized carbons (Fsp3) is 0.619. The third-order valence-corrected chi connectivity index (χ3v) is 6.87. The summed E-state index contributed by atoms with van der Waals surface area (Å²) in [7, 11) is 0. The molecule has 25 heavy (non-hydrogen) atoms. The molecule has 3 aliphatic carbocycles. The normalized spacial score (nSPS) is 33.2. The Balaban J connectivity index is 1.57. The second kappa shape index (κ2) is 6.15. The van der Waals surface area contributed by atoms with Gasteiger partial charge in [0, 0.05) is 11.8 Å². The van der Waals surface area contributed by atoms with Gasteiger partial charge in [0.2, 0.25) is 0 Å². The molecule has 134 valence electrons. The van der Waals surface area contributed by atoms with Crippen molar-refractivity contribution in [2.75, 3.05) is 6.61 Å². The second-order valence-corrected chi connectivity index (χ2v) is 7.98. The molecule has 2 fully saturated rings. The van der Waals surface area contributed by atoms with Gasteiger partial charge in [-0.25, -0.2) is 4.79 Å². The molecule has 0 saturated heterocycles. The van der Waals surface area contributed by atoms with Gasteiger partial charge >= 0.3 is 6.16 Å². The van der Waals surface area contributed by atoms with Crippen molar-refractivity contribution >= 4 is 11.9 Å². The fourth-order valence-corrected chi connectivity index (χ4v) is 5.64. The van der Waals surface area contributed by atoms with E-state index in [1.54, 1.807) is 6.92 Å². The van der Waals surface area contributed by atoms with Gasteiger partial charge in [-0.15, -0.1) is 0 Å². The summed E-state index contributed by atoms with van der Waals surface area (Å²) in [4.78, 5) is 23.9. The van der Waals surface area contributed by atoms with Crippen molar-refractivity contribution in [2.45, 2.75) is 58.3 Å². The van der Waals surface area contributed by atoms with Crippen LogP contribution in [0.3, 0.4) is 0 Å². The van der Waals surface area contributed by atoms with Crippen LogP contribution in [-0.2, 0) is 16.0 Å². The van der Waals surface area contributed by atoms with E-state index in [2.05, 4.69) is 13.0 Å². The number of carbonyl (C=O) groups is 2. The van der Waals surface area contributed by atoms with Crippen LogP contribution in [0, 0.1) is 17.3 Å². The van der Waals surface area contributed by atoms with E-state index >= 15 is 0 Å². The second-order valence-electron chi connectivity index (χ2n) is 7.98. The topological polar surface area (TPSA) is 52.6 Å². The van der Waals surface area contributed by atoms with Crippen LogP contribution in [0.5, 0.6) is 5.75 Å². The fourth-order valence-electron chi connectivity index (χ4n) is 5.64.